The van der Waals surface area contributed by atoms with Gasteiger partial charge in [0.15, 0.2) is 10.7 Å². The molecule has 0 aromatic heterocycles. The molecule has 0 fully saturated rings. The first kappa shape index (κ1) is 11.1. The lowest BCUT2D eigenvalue weighted by molar-refractivity contribution is -0.385. The zero-order valence-corrected chi connectivity index (χ0v) is 8.01. The number of hydrogen-bond donors (Lipinski definition) is 2. The van der Waals surface area contributed by atoms with Gasteiger partial charge < -0.3 is 5.11 Å². The smallest absolute Gasteiger partial charge is 0.337 e. The molecule has 0 bridgehead atoms. The van der Waals surface area contributed by atoms with Gasteiger partial charge in [-0.2, -0.15) is 0 Å². The van der Waals surface area contributed by atoms with Gasteiger partial charge in [0, 0.05) is 12.1 Å². The predicted molar refractivity (Wildman–Crippen MR) is 48.6 cm³/mol. The van der Waals surface area contributed by atoms with E-state index in [-0.39, 0.29) is 0 Å². The molecule has 1 aromatic rings. The number of carbonyl (C=O) groups is 1. The molecule has 0 aliphatic rings. The molecule has 0 spiro atoms. The Balaban J connectivity index is 3.46. The van der Waals surface area contributed by atoms with Crippen LogP contribution in [0.4, 0.5) is 5.69 Å². The van der Waals surface area contributed by atoms with Gasteiger partial charge in [0.05, 0.1) is 15.4 Å². The van der Waals surface area contributed by atoms with E-state index in [0.717, 1.165) is 18.2 Å². The number of benzene rings is 1. The molecule has 1 rings (SSSR count). The third-order valence-electron chi connectivity index (χ3n) is 1.62. The molecule has 15 heavy (non-hydrogen) atoms. The molecule has 8 heteroatoms. The minimum absolute atomic E-state index is 0.464. The third kappa shape index (κ3) is 2.29. The van der Waals surface area contributed by atoms with Crippen molar-refractivity contribution in [2.75, 3.05) is 0 Å². The summed E-state index contributed by atoms with van der Waals surface area (Å²) in [7, 11) is -3.18. The quantitative estimate of drug-likeness (QED) is 0.438. The van der Waals surface area contributed by atoms with Crippen LogP contribution in [0.25, 0.3) is 0 Å². The van der Waals surface area contributed by atoms with Gasteiger partial charge in [0.2, 0.25) is 0 Å². The van der Waals surface area contributed by atoms with Crippen LogP contribution in [0.3, 0.4) is 0 Å². The maximum atomic E-state index is 10.7. The lowest BCUT2D eigenvalue weighted by atomic mass is 10.2. The first-order chi connectivity index (χ1) is 6.93. The summed E-state index contributed by atoms with van der Waals surface area (Å²) in [6.07, 6.45) is 0. The highest BCUT2D eigenvalue weighted by atomic mass is 32.2. The van der Waals surface area contributed by atoms with Gasteiger partial charge in [-0.25, -0.2) is 13.2 Å². The van der Waals surface area contributed by atoms with E-state index < -0.39 is 37.7 Å². The van der Waals surface area contributed by atoms with Gasteiger partial charge in [0.1, 0.15) is 0 Å². The number of hydrogen-bond acceptors (Lipinski definition) is 5. The maximum Gasteiger partial charge on any atom is 0.337 e. The largest absolute Gasteiger partial charge is 0.478 e. The zero-order valence-electron chi connectivity index (χ0n) is 7.11. The van der Waals surface area contributed by atoms with Crippen molar-refractivity contribution in [2.45, 2.75) is 4.90 Å². The standard InChI is InChI=1S/C7H5NO6S/c9-7(10)5-2-1-4(8(11)12)3-6(5)15(13)14/h1-3,15H,(H,9,10). The second kappa shape index (κ2) is 4.05. The van der Waals surface area contributed by atoms with E-state index in [1.165, 1.54) is 0 Å². The third-order valence-corrected chi connectivity index (χ3v) is 2.38. The summed E-state index contributed by atoms with van der Waals surface area (Å²) in [5, 5.41) is 18.9. The van der Waals surface area contributed by atoms with Crippen LogP contribution in [-0.4, -0.2) is 24.4 Å². The summed E-state index contributed by atoms with van der Waals surface area (Å²) in [6, 6.07) is 2.54. The van der Waals surface area contributed by atoms with E-state index in [1.54, 1.807) is 0 Å². The number of nitrogens with zero attached hydrogens (tertiary/aromatic N) is 1. The average molecular weight is 231 g/mol. The Hall–Kier alpha value is -1.96. The van der Waals surface area contributed by atoms with E-state index in [0.29, 0.717) is 0 Å². The highest BCUT2D eigenvalue weighted by molar-refractivity contribution is 7.72. The molecule has 0 amide bonds. The second-order valence-electron chi connectivity index (χ2n) is 2.52. The maximum absolute atomic E-state index is 10.7. The Kier molecular flexibility index (Phi) is 3.00. The van der Waals surface area contributed by atoms with Crippen LogP contribution < -0.4 is 0 Å². The molecular formula is C7H5NO6S. The highest BCUT2D eigenvalue weighted by Crippen LogP contribution is 2.18. The normalized spacial score (nSPS) is 10.2. The van der Waals surface area contributed by atoms with Crippen LogP contribution in [0.2, 0.25) is 0 Å². The molecule has 0 aliphatic heterocycles. The van der Waals surface area contributed by atoms with E-state index in [1.807, 2.05) is 0 Å². The SMILES string of the molecule is O=C(O)c1ccc([N+](=O)[O-])cc1[SH](=O)=O. The summed E-state index contributed by atoms with van der Waals surface area (Å²) in [5.41, 5.74) is -0.939. The topological polar surface area (TPSA) is 115 Å². The van der Waals surface area contributed by atoms with Crippen molar-refractivity contribution in [3.05, 3.63) is 33.9 Å². The molecule has 80 valence electrons. The molecule has 0 saturated heterocycles. The van der Waals surface area contributed by atoms with Crippen molar-refractivity contribution in [1.29, 1.82) is 0 Å². The molecule has 1 aromatic carbocycles. The van der Waals surface area contributed by atoms with Gasteiger partial charge >= 0.3 is 5.97 Å². The van der Waals surface area contributed by atoms with E-state index in [9.17, 15) is 23.3 Å². The van der Waals surface area contributed by atoms with Crippen LogP contribution >= 0.6 is 0 Å². The zero-order chi connectivity index (χ0) is 11.6. The molecule has 0 unspecified atom stereocenters. The Morgan fingerprint density at radius 2 is 2.00 bits per heavy atom. The lowest BCUT2D eigenvalue weighted by Gasteiger charge is -1.98. The van der Waals surface area contributed by atoms with Crippen molar-refractivity contribution in [3.63, 3.8) is 0 Å². The Bertz CT molecular complexity index is 498. The first-order valence-electron chi connectivity index (χ1n) is 3.59. The monoisotopic (exact) mass is 231 g/mol. The molecule has 0 atom stereocenters. The van der Waals surface area contributed by atoms with Crippen molar-refractivity contribution in [1.82, 2.24) is 0 Å². The summed E-state index contributed by atoms with van der Waals surface area (Å²) in [5.74, 6) is -1.45. The number of aromatic carboxylic acids is 1. The number of carboxylic acid groups (broad SMARTS) is 1. The average Bonchev–Trinajstić information content (AvgIpc) is 2.16. The van der Waals surface area contributed by atoms with Gasteiger partial charge in [-0.3, -0.25) is 10.1 Å². The second-order valence-corrected chi connectivity index (χ2v) is 3.52. The first-order valence-corrected chi connectivity index (χ1v) is 4.77. The number of nitro groups is 1. The van der Waals surface area contributed by atoms with Crippen molar-refractivity contribution < 1.29 is 23.2 Å². The summed E-state index contributed by atoms with van der Waals surface area (Å²) >= 11 is 0. The molecule has 0 radical (unpaired) electrons. The summed E-state index contributed by atoms with van der Waals surface area (Å²) < 4.78 is 21.3. The molecule has 0 saturated carbocycles. The molecule has 7 nitrogen and oxygen atoms in total. The van der Waals surface area contributed by atoms with Crippen molar-refractivity contribution in [2.24, 2.45) is 0 Å². The van der Waals surface area contributed by atoms with Crippen LogP contribution in [-0.2, 0) is 10.7 Å². The van der Waals surface area contributed by atoms with Gasteiger partial charge in [0.25, 0.3) is 5.69 Å². The minimum atomic E-state index is -3.18. The van der Waals surface area contributed by atoms with Gasteiger partial charge in [-0.1, -0.05) is 0 Å². The summed E-state index contributed by atoms with van der Waals surface area (Å²) in [4.78, 5) is 19.5. The van der Waals surface area contributed by atoms with E-state index in [4.69, 9.17) is 5.11 Å². The van der Waals surface area contributed by atoms with Crippen molar-refractivity contribution >= 4 is 22.4 Å². The van der Waals surface area contributed by atoms with Crippen molar-refractivity contribution in [3.8, 4) is 0 Å². The van der Waals surface area contributed by atoms with E-state index in [2.05, 4.69) is 0 Å². The Morgan fingerprint density at radius 3 is 2.40 bits per heavy atom. The Labute approximate surface area is 85.1 Å². The minimum Gasteiger partial charge on any atom is -0.478 e. The molecule has 1 N–H and O–H groups in total. The fourth-order valence-electron chi connectivity index (χ4n) is 0.965. The molecule has 0 heterocycles. The number of carboxylic acids is 1. The highest BCUT2D eigenvalue weighted by Gasteiger charge is 2.16. The van der Waals surface area contributed by atoms with Crippen LogP contribution in [0.1, 0.15) is 10.4 Å². The van der Waals surface area contributed by atoms with Gasteiger partial charge in [-0.15, -0.1) is 0 Å². The van der Waals surface area contributed by atoms with Crippen LogP contribution in [0.5, 0.6) is 0 Å². The van der Waals surface area contributed by atoms with Crippen LogP contribution in [0.15, 0.2) is 23.1 Å². The molecule has 0 aliphatic carbocycles. The number of rotatable bonds is 3. The number of thiol groups is 1. The number of non-ortho nitro benzene ring substituents is 1. The van der Waals surface area contributed by atoms with Crippen LogP contribution in [0, 0.1) is 10.1 Å². The molecular weight excluding hydrogens is 226 g/mol. The number of nitro benzene ring substituents is 1. The van der Waals surface area contributed by atoms with Gasteiger partial charge in [-0.05, 0) is 6.07 Å². The summed E-state index contributed by atoms with van der Waals surface area (Å²) in [6.45, 7) is 0. The fourth-order valence-corrected chi connectivity index (χ4v) is 1.57. The van der Waals surface area contributed by atoms with E-state index >= 15 is 0 Å². The lowest BCUT2D eigenvalue weighted by Crippen LogP contribution is -2.02. The Morgan fingerprint density at radius 1 is 1.40 bits per heavy atom. The fraction of sp³-hybridized carbons (Fsp3) is 0. The predicted octanol–water partition coefficient (Wildman–Crippen LogP) is 0.263.